The van der Waals surface area contributed by atoms with Gasteiger partial charge in [-0.25, -0.2) is 0 Å². The summed E-state index contributed by atoms with van der Waals surface area (Å²) in [7, 11) is 0. The molecule has 0 N–H and O–H groups in total. The van der Waals surface area contributed by atoms with Gasteiger partial charge in [0.1, 0.15) is 0 Å². The van der Waals surface area contributed by atoms with Crippen LogP contribution in [0.4, 0.5) is 0 Å². The molecule has 0 saturated heterocycles. The van der Waals surface area contributed by atoms with Crippen molar-refractivity contribution in [3.05, 3.63) is 11.6 Å². The maximum Gasteiger partial charge on any atom is 0.304 e. The van der Waals surface area contributed by atoms with Crippen LogP contribution in [0.1, 0.15) is 34.6 Å². The van der Waals surface area contributed by atoms with Crippen molar-refractivity contribution in [2.45, 2.75) is 46.3 Å². The molecule has 3 nitrogen and oxygen atoms in total. The largest absolute Gasteiger partial charge is 0.434 e. The van der Waals surface area contributed by atoms with Crippen LogP contribution < -0.4 is 0 Å². The second kappa shape index (κ2) is 7.69. The molecule has 16 heavy (non-hydrogen) atoms. The monoisotopic (exact) mass is 248 g/mol. The molecule has 0 aliphatic heterocycles. The SMILES string of the molecule is CC(=O)OC(OCC=C(C)C)C(Cl)C(C)C. The van der Waals surface area contributed by atoms with Crippen LogP contribution in [0, 0.1) is 5.92 Å². The minimum absolute atomic E-state index is 0.178. The van der Waals surface area contributed by atoms with Gasteiger partial charge in [-0.1, -0.05) is 25.5 Å². The quantitative estimate of drug-likeness (QED) is 0.314. The second-order valence-corrected chi connectivity index (χ2v) is 4.79. The zero-order valence-electron chi connectivity index (χ0n) is 10.6. The van der Waals surface area contributed by atoms with Crippen molar-refractivity contribution < 1.29 is 14.3 Å². The minimum Gasteiger partial charge on any atom is -0.434 e. The van der Waals surface area contributed by atoms with Crippen LogP contribution in [-0.2, 0) is 14.3 Å². The number of halogens is 1. The lowest BCUT2D eigenvalue weighted by atomic mass is 10.1. The molecule has 0 aliphatic carbocycles. The van der Waals surface area contributed by atoms with Gasteiger partial charge in [-0.3, -0.25) is 4.79 Å². The maximum absolute atomic E-state index is 10.9. The molecule has 2 unspecified atom stereocenters. The third-order valence-corrected chi connectivity index (χ3v) is 2.64. The molecule has 0 bridgehead atoms. The van der Waals surface area contributed by atoms with Gasteiger partial charge in [0.2, 0.25) is 6.29 Å². The van der Waals surface area contributed by atoms with Gasteiger partial charge in [-0.05, 0) is 19.8 Å². The van der Waals surface area contributed by atoms with E-state index in [0.717, 1.165) is 5.57 Å². The van der Waals surface area contributed by atoms with Crippen molar-refractivity contribution in [2.75, 3.05) is 6.61 Å². The zero-order valence-corrected chi connectivity index (χ0v) is 11.4. The van der Waals surface area contributed by atoms with E-state index in [4.69, 9.17) is 21.1 Å². The van der Waals surface area contributed by atoms with E-state index in [1.54, 1.807) is 0 Å². The predicted octanol–water partition coefficient (Wildman–Crippen LogP) is 3.12. The van der Waals surface area contributed by atoms with E-state index < -0.39 is 6.29 Å². The van der Waals surface area contributed by atoms with Crippen molar-refractivity contribution in [3.63, 3.8) is 0 Å². The van der Waals surface area contributed by atoms with Crippen LogP contribution in [-0.4, -0.2) is 24.2 Å². The summed E-state index contributed by atoms with van der Waals surface area (Å²) in [5.41, 5.74) is 1.15. The van der Waals surface area contributed by atoms with Crippen LogP contribution in [0.5, 0.6) is 0 Å². The number of carbonyl (C=O) groups is 1. The minimum atomic E-state index is -0.685. The summed E-state index contributed by atoms with van der Waals surface area (Å²) in [4.78, 5) is 10.9. The highest BCUT2D eigenvalue weighted by Gasteiger charge is 2.25. The van der Waals surface area contributed by atoms with E-state index in [9.17, 15) is 4.79 Å². The Hall–Kier alpha value is -0.540. The lowest BCUT2D eigenvalue weighted by Gasteiger charge is -2.24. The summed E-state index contributed by atoms with van der Waals surface area (Å²) in [5.74, 6) is -0.203. The van der Waals surface area contributed by atoms with Crippen LogP contribution in [0.25, 0.3) is 0 Å². The van der Waals surface area contributed by atoms with Crippen LogP contribution in [0.15, 0.2) is 11.6 Å². The van der Waals surface area contributed by atoms with E-state index in [1.165, 1.54) is 6.92 Å². The highest BCUT2D eigenvalue weighted by molar-refractivity contribution is 6.21. The number of rotatable bonds is 6. The van der Waals surface area contributed by atoms with Gasteiger partial charge in [0.25, 0.3) is 0 Å². The summed E-state index contributed by atoms with van der Waals surface area (Å²) in [6, 6.07) is 0. The summed E-state index contributed by atoms with van der Waals surface area (Å²) in [5, 5.41) is -0.338. The van der Waals surface area contributed by atoms with Gasteiger partial charge in [-0.15, -0.1) is 11.6 Å². The van der Waals surface area contributed by atoms with Crippen molar-refractivity contribution in [1.82, 2.24) is 0 Å². The predicted molar refractivity (Wildman–Crippen MR) is 65.4 cm³/mol. The van der Waals surface area contributed by atoms with Crippen LogP contribution in [0.3, 0.4) is 0 Å². The summed E-state index contributed by atoms with van der Waals surface area (Å²) in [6.45, 7) is 9.62. The molecule has 0 aromatic rings. The fourth-order valence-electron chi connectivity index (χ4n) is 0.978. The second-order valence-electron chi connectivity index (χ2n) is 4.28. The van der Waals surface area contributed by atoms with Gasteiger partial charge in [-0.2, -0.15) is 0 Å². The summed E-state index contributed by atoms with van der Waals surface area (Å²) in [6.07, 6.45) is 1.23. The number of ether oxygens (including phenoxy) is 2. The highest BCUT2D eigenvalue weighted by Crippen LogP contribution is 2.18. The molecule has 0 heterocycles. The first kappa shape index (κ1) is 15.5. The smallest absolute Gasteiger partial charge is 0.304 e. The Morgan fingerprint density at radius 2 is 1.88 bits per heavy atom. The zero-order chi connectivity index (χ0) is 12.7. The molecule has 0 aromatic carbocycles. The highest BCUT2D eigenvalue weighted by atomic mass is 35.5. The lowest BCUT2D eigenvalue weighted by molar-refractivity contribution is -0.175. The first-order chi connectivity index (χ1) is 7.34. The molecule has 2 atom stereocenters. The van der Waals surface area contributed by atoms with E-state index in [1.807, 2.05) is 33.8 Å². The average Bonchev–Trinajstić information content (AvgIpc) is 2.13. The molecule has 0 aliphatic rings. The number of esters is 1. The fraction of sp³-hybridized carbons (Fsp3) is 0.750. The molecule has 94 valence electrons. The molecule has 0 radical (unpaired) electrons. The van der Waals surface area contributed by atoms with Crippen molar-refractivity contribution in [3.8, 4) is 0 Å². The summed E-state index contributed by atoms with van der Waals surface area (Å²) >= 11 is 6.12. The third-order valence-electron chi connectivity index (χ3n) is 1.93. The number of carbonyl (C=O) groups excluding carboxylic acids is 1. The molecule has 4 heteroatoms. The molecule has 0 rings (SSSR count). The molecular weight excluding hydrogens is 228 g/mol. The summed E-state index contributed by atoms with van der Waals surface area (Å²) < 4.78 is 10.5. The normalized spacial score (nSPS) is 14.4. The Morgan fingerprint density at radius 1 is 1.31 bits per heavy atom. The third kappa shape index (κ3) is 6.85. The van der Waals surface area contributed by atoms with E-state index in [2.05, 4.69) is 0 Å². The van der Waals surface area contributed by atoms with Crippen LogP contribution in [0.2, 0.25) is 0 Å². The number of hydrogen-bond donors (Lipinski definition) is 0. The van der Waals surface area contributed by atoms with Crippen LogP contribution >= 0.6 is 11.6 Å². The number of alkyl halides is 1. The Morgan fingerprint density at radius 3 is 2.25 bits per heavy atom. The topological polar surface area (TPSA) is 35.5 Å². The average molecular weight is 249 g/mol. The first-order valence-electron chi connectivity index (χ1n) is 5.40. The van der Waals surface area contributed by atoms with Crippen molar-refractivity contribution in [2.24, 2.45) is 5.92 Å². The van der Waals surface area contributed by atoms with Gasteiger partial charge < -0.3 is 9.47 Å². The van der Waals surface area contributed by atoms with Gasteiger partial charge in [0, 0.05) is 6.92 Å². The van der Waals surface area contributed by atoms with Gasteiger partial charge in [0.05, 0.1) is 12.0 Å². The first-order valence-corrected chi connectivity index (χ1v) is 5.84. The Labute approximate surface area is 103 Å². The lowest BCUT2D eigenvalue weighted by Crippen LogP contribution is -2.33. The Kier molecular flexibility index (Phi) is 7.43. The van der Waals surface area contributed by atoms with Gasteiger partial charge >= 0.3 is 5.97 Å². The maximum atomic E-state index is 10.9. The number of allylic oxidation sites excluding steroid dienone is 1. The Bertz CT molecular complexity index is 245. The van der Waals surface area contributed by atoms with E-state index in [0.29, 0.717) is 6.61 Å². The molecule has 0 fully saturated rings. The molecule has 0 saturated carbocycles. The molecule has 0 spiro atoms. The molecule has 0 aromatic heterocycles. The number of hydrogen-bond acceptors (Lipinski definition) is 3. The Balaban J connectivity index is 4.31. The standard InChI is InChI=1S/C12H21ClO3/c1-8(2)6-7-15-12(16-10(5)14)11(13)9(3)4/h6,9,11-12H,7H2,1-5H3. The van der Waals surface area contributed by atoms with E-state index in [-0.39, 0.29) is 17.3 Å². The molecular formula is C12H21ClO3. The fourth-order valence-corrected chi connectivity index (χ4v) is 1.10. The van der Waals surface area contributed by atoms with Gasteiger partial charge in [0.15, 0.2) is 0 Å². The molecule has 0 amide bonds. The van der Waals surface area contributed by atoms with E-state index >= 15 is 0 Å². The van der Waals surface area contributed by atoms with Crippen molar-refractivity contribution >= 4 is 17.6 Å². The van der Waals surface area contributed by atoms with Crippen molar-refractivity contribution in [1.29, 1.82) is 0 Å².